The van der Waals surface area contributed by atoms with E-state index >= 15 is 0 Å². The Labute approximate surface area is 119 Å². The average Bonchev–Trinajstić information content (AvgIpc) is 2.38. The Kier molecular flexibility index (Phi) is 4.17. The minimum atomic E-state index is -0.0594. The number of hydrogen-bond acceptors (Lipinski definition) is 5. The summed E-state index contributed by atoms with van der Waals surface area (Å²) < 4.78 is 0. The van der Waals surface area contributed by atoms with Crippen molar-refractivity contribution in [3.63, 3.8) is 0 Å². The van der Waals surface area contributed by atoms with Gasteiger partial charge in [0, 0.05) is 11.2 Å². The van der Waals surface area contributed by atoms with E-state index in [-0.39, 0.29) is 5.54 Å². The van der Waals surface area contributed by atoms with Gasteiger partial charge in [0.05, 0.1) is 6.20 Å². The largest absolute Gasteiger partial charge is 0.364 e. The lowest BCUT2D eigenvalue weighted by Crippen LogP contribution is -2.27. The van der Waals surface area contributed by atoms with E-state index in [1.165, 1.54) is 5.56 Å². The summed E-state index contributed by atoms with van der Waals surface area (Å²) >= 11 is 0. The van der Waals surface area contributed by atoms with Crippen LogP contribution in [0.1, 0.15) is 33.3 Å². The third-order valence-electron chi connectivity index (χ3n) is 2.68. The van der Waals surface area contributed by atoms with Gasteiger partial charge in [0.25, 0.3) is 0 Å². The van der Waals surface area contributed by atoms with Gasteiger partial charge in [-0.05, 0) is 44.9 Å². The van der Waals surface area contributed by atoms with Crippen molar-refractivity contribution in [3.8, 4) is 0 Å². The van der Waals surface area contributed by atoms with Gasteiger partial charge in [-0.1, -0.05) is 19.1 Å². The molecule has 106 valence electrons. The van der Waals surface area contributed by atoms with Crippen LogP contribution < -0.4 is 10.6 Å². The molecular weight excluding hydrogens is 250 g/mol. The normalized spacial score (nSPS) is 11.2. The summed E-state index contributed by atoms with van der Waals surface area (Å²) in [4.78, 5) is 4.40. The highest BCUT2D eigenvalue weighted by molar-refractivity contribution is 5.54. The summed E-state index contributed by atoms with van der Waals surface area (Å²) in [6.45, 7) is 8.36. The Morgan fingerprint density at radius 2 is 1.80 bits per heavy atom. The second kappa shape index (κ2) is 5.86. The van der Waals surface area contributed by atoms with Crippen molar-refractivity contribution in [3.05, 3.63) is 36.0 Å². The number of nitrogens with one attached hydrogen (secondary N) is 2. The van der Waals surface area contributed by atoms with Crippen molar-refractivity contribution in [1.82, 2.24) is 15.2 Å². The molecule has 0 aliphatic rings. The Morgan fingerprint density at radius 3 is 2.40 bits per heavy atom. The number of rotatable bonds is 4. The molecular formula is C15H21N5. The monoisotopic (exact) mass is 271 g/mol. The Morgan fingerprint density at radius 1 is 1.10 bits per heavy atom. The van der Waals surface area contributed by atoms with Crippen LogP contribution in [0.3, 0.4) is 0 Å². The molecule has 0 unspecified atom stereocenters. The summed E-state index contributed by atoms with van der Waals surface area (Å²) in [7, 11) is 0. The smallest absolute Gasteiger partial charge is 0.249 e. The first-order valence-electron chi connectivity index (χ1n) is 6.80. The van der Waals surface area contributed by atoms with E-state index in [2.05, 4.69) is 65.6 Å². The van der Waals surface area contributed by atoms with Crippen LogP contribution in [0.25, 0.3) is 0 Å². The number of nitrogens with zero attached hydrogens (tertiary/aromatic N) is 3. The fraction of sp³-hybridized carbons (Fsp3) is 0.400. The van der Waals surface area contributed by atoms with Gasteiger partial charge in [-0.3, -0.25) is 0 Å². The third-order valence-corrected chi connectivity index (χ3v) is 2.68. The Balaban J connectivity index is 2.10. The van der Waals surface area contributed by atoms with Gasteiger partial charge in [0.2, 0.25) is 5.95 Å². The molecule has 0 spiro atoms. The lowest BCUT2D eigenvalue weighted by Gasteiger charge is -2.20. The van der Waals surface area contributed by atoms with Gasteiger partial charge in [0.15, 0.2) is 5.82 Å². The summed E-state index contributed by atoms with van der Waals surface area (Å²) in [6, 6.07) is 8.22. The number of hydrogen-bond donors (Lipinski definition) is 2. The lowest BCUT2D eigenvalue weighted by molar-refractivity contribution is 0.629. The highest BCUT2D eigenvalue weighted by Gasteiger charge is 2.11. The zero-order chi connectivity index (χ0) is 14.6. The molecule has 0 atom stereocenters. The SMILES string of the molecule is CCc1ccc(Nc2nncc(NC(C)(C)C)n2)cc1. The Bertz CT molecular complexity index is 557. The second-order valence-electron chi connectivity index (χ2n) is 5.72. The third kappa shape index (κ3) is 4.19. The molecule has 0 saturated carbocycles. The van der Waals surface area contributed by atoms with Gasteiger partial charge < -0.3 is 10.6 Å². The molecule has 0 bridgehead atoms. The van der Waals surface area contributed by atoms with Crippen LogP contribution in [0, 0.1) is 0 Å². The minimum Gasteiger partial charge on any atom is -0.364 e. The second-order valence-corrected chi connectivity index (χ2v) is 5.72. The molecule has 5 heteroatoms. The van der Waals surface area contributed by atoms with Crippen molar-refractivity contribution in [2.24, 2.45) is 0 Å². The van der Waals surface area contributed by atoms with Gasteiger partial charge in [-0.15, -0.1) is 5.10 Å². The first-order chi connectivity index (χ1) is 9.46. The van der Waals surface area contributed by atoms with Crippen molar-refractivity contribution >= 4 is 17.5 Å². The van der Waals surface area contributed by atoms with Crippen molar-refractivity contribution in [2.45, 2.75) is 39.7 Å². The van der Waals surface area contributed by atoms with Crippen LogP contribution >= 0.6 is 0 Å². The molecule has 2 N–H and O–H groups in total. The zero-order valence-corrected chi connectivity index (χ0v) is 12.4. The molecule has 1 heterocycles. The van der Waals surface area contributed by atoms with E-state index < -0.39 is 0 Å². The van der Waals surface area contributed by atoms with E-state index in [0.29, 0.717) is 11.8 Å². The van der Waals surface area contributed by atoms with Gasteiger partial charge >= 0.3 is 0 Å². The van der Waals surface area contributed by atoms with Crippen LogP contribution in [0.2, 0.25) is 0 Å². The number of anilines is 3. The minimum absolute atomic E-state index is 0.0594. The predicted octanol–water partition coefficient (Wildman–Crippen LogP) is 3.39. The molecule has 0 saturated heterocycles. The summed E-state index contributed by atoms with van der Waals surface area (Å²) in [5.74, 6) is 1.20. The first kappa shape index (κ1) is 14.2. The van der Waals surface area contributed by atoms with Crippen molar-refractivity contribution in [1.29, 1.82) is 0 Å². The van der Waals surface area contributed by atoms with Crippen LogP contribution in [0.5, 0.6) is 0 Å². The van der Waals surface area contributed by atoms with Gasteiger partial charge in [0.1, 0.15) is 0 Å². The van der Waals surface area contributed by atoms with Gasteiger partial charge in [-0.2, -0.15) is 10.1 Å². The van der Waals surface area contributed by atoms with Crippen molar-refractivity contribution < 1.29 is 0 Å². The molecule has 2 aromatic rings. The maximum absolute atomic E-state index is 4.40. The lowest BCUT2D eigenvalue weighted by atomic mass is 10.1. The van der Waals surface area contributed by atoms with Crippen LogP contribution in [-0.4, -0.2) is 20.7 Å². The number of benzene rings is 1. The van der Waals surface area contributed by atoms with E-state index in [1.807, 2.05) is 12.1 Å². The molecule has 0 aliphatic carbocycles. The molecule has 0 amide bonds. The van der Waals surface area contributed by atoms with Crippen LogP contribution in [0.4, 0.5) is 17.5 Å². The fourth-order valence-electron chi connectivity index (χ4n) is 1.75. The van der Waals surface area contributed by atoms with Gasteiger partial charge in [-0.25, -0.2) is 0 Å². The standard InChI is InChI=1S/C15H21N5/c1-5-11-6-8-12(9-7-11)17-14-18-13(10-16-20-14)19-15(2,3)4/h6-10H,5H2,1-4H3,(H2,17,18,19,20). The fourth-order valence-corrected chi connectivity index (χ4v) is 1.75. The maximum Gasteiger partial charge on any atom is 0.249 e. The average molecular weight is 271 g/mol. The molecule has 0 aliphatic heterocycles. The van der Waals surface area contributed by atoms with Crippen LogP contribution in [0.15, 0.2) is 30.5 Å². The molecule has 1 aromatic heterocycles. The van der Waals surface area contributed by atoms with E-state index in [0.717, 1.165) is 12.1 Å². The van der Waals surface area contributed by atoms with E-state index in [4.69, 9.17) is 0 Å². The van der Waals surface area contributed by atoms with Crippen LogP contribution in [-0.2, 0) is 6.42 Å². The highest BCUT2D eigenvalue weighted by atomic mass is 15.3. The Hall–Kier alpha value is -2.17. The molecule has 2 rings (SSSR count). The zero-order valence-electron chi connectivity index (χ0n) is 12.4. The predicted molar refractivity (Wildman–Crippen MR) is 82.3 cm³/mol. The maximum atomic E-state index is 4.40. The summed E-state index contributed by atoms with van der Waals surface area (Å²) in [5.41, 5.74) is 2.20. The van der Waals surface area contributed by atoms with E-state index in [1.54, 1.807) is 6.20 Å². The first-order valence-corrected chi connectivity index (χ1v) is 6.80. The topological polar surface area (TPSA) is 62.7 Å². The quantitative estimate of drug-likeness (QED) is 0.892. The molecule has 0 radical (unpaired) electrons. The molecule has 1 aromatic carbocycles. The number of aromatic nitrogens is 3. The molecule has 0 fully saturated rings. The highest BCUT2D eigenvalue weighted by Crippen LogP contribution is 2.16. The molecule has 5 nitrogen and oxygen atoms in total. The number of aryl methyl sites for hydroxylation is 1. The molecule has 20 heavy (non-hydrogen) atoms. The van der Waals surface area contributed by atoms with E-state index in [9.17, 15) is 0 Å². The summed E-state index contributed by atoms with van der Waals surface area (Å²) in [6.07, 6.45) is 2.65. The summed E-state index contributed by atoms with van der Waals surface area (Å²) in [5, 5.41) is 14.4. The van der Waals surface area contributed by atoms with Crippen molar-refractivity contribution in [2.75, 3.05) is 10.6 Å².